The van der Waals surface area contributed by atoms with Gasteiger partial charge in [-0.15, -0.1) is 0 Å². The monoisotopic (exact) mass is 290 g/mol. The molecule has 2 rings (SSSR count). The van der Waals surface area contributed by atoms with Gasteiger partial charge in [0.15, 0.2) is 0 Å². The van der Waals surface area contributed by atoms with Gasteiger partial charge in [0.25, 0.3) is 0 Å². The van der Waals surface area contributed by atoms with E-state index in [-0.39, 0.29) is 30.8 Å². The molecule has 0 saturated heterocycles. The molecular weight excluding hydrogens is 266 g/mol. The summed E-state index contributed by atoms with van der Waals surface area (Å²) in [5, 5.41) is 0. The van der Waals surface area contributed by atoms with Crippen LogP contribution in [0.5, 0.6) is 0 Å². The normalized spacial score (nSPS) is 38.5. The minimum Gasteiger partial charge on any atom is -0.459 e. The maximum Gasteiger partial charge on any atom is 0.309 e. The zero-order valence-corrected chi connectivity index (χ0v) is 12.0. The smallest absolute Gasteiger partial charge is 0.309 e. The summed E-state index contributed by atoms with van der Waals surface area (Å²) in [5.74, 6) is -0.466. The van der Waals surface area contributed by atoms with Gasteiger partial charge in [-0.05, 0) is 45.4 Å². The Hall–Kier alpha value is -0.710. The zero-order valence-electron chi connectivity index (χ0n) is 12.0. The summed E-state index contributed by atoms with van der Waals surface area (Å²) in [6, 6.07) is 0. The van der Waals surface area contributed by atoms with Crippen molar-refractivity contribution >= 4 is 5.97 Å². The summed E-state index contributed by atoms with van der Waals surface area (Å²) >= 11 is 0. The molecule has 0 aliphatic heterocycles. The highest BCUT2D eigenvalue weighted by molar-refractivity contribution is 5.72. The van der Waals surface area contributed by atoms with Crippen LogP contribution in [0.1, 0.15) is 51.9 Å². The summed E-state index contributed by atoms with van der Waals surface area (Å²) in [7, 11) is 0. The fraction of sp³-hybridized carbons (Fsp3) is 0.933. The molecule has 3 nitrogen and oxygen atoms in total. The lowest BCUT2D eigenvalue weighted by atomic mass is 9.87. The highest BCUT2D eigenvalue weighted by Crippen LogP contribution is 2.30. The minimum absolute atomic E-state index is 0.144. The van der Waals surface area contributed by atoms with Crippen molar-refractivity contribution in [1.29, 1.82) is 0 Å². The van der Waals surface area contributed by atoms with Crippen molar-refractivity contribution in [1.82, 2.24) is 0 Å². The molecule has 0 heterocycles. The first-order valence-electron chi connectivity index (χ1n) is 7.70. The van der Waals surface area contributed by atoms with Gasteiger partial charge in [-0.2, -0.15) is 0 Å². The zero-order chi connectivity index (χ0) is 14.5. The topological polar surface area (TPSA) is 35.5 Å². The van der Waals surface area contributed by atoms with Crippen molar-refractivity contribution in [2.75, 3.05) is 6.61 Å². The summed E-state index contributed by atoms with van der Waals surface area (Å²) in [6.07, 6.45) is 0.640. The van der Waals surface area contributed by atoms with Crippen LogP contribution in [0.15, 0.2) is 0 Å². The number of esters is 1. The van der Waals surface area contributed by atoms with Crippen molar-refractivity contribution in [2.24, 2.45) is 5.92 Å². The Morgan fingerprint density at radius 3 is 2.40 bits per heavy atom. The second-order valence-electron chi connectivity index (χ2n) is 5.83. The van der Waals surface area contributed by atoms with Crippen molar-refractivity contribution in [3.63, 3.8) is 0 Å². The quantitative estimate of drug-likeness (QED) is 0.745. The van der Waals surface area contributed by atoms with Crippen molar-refractivity contribution in [3.05, 3.63) is 0 Å². The van der Waals surface area contributed by atoms with E-state index in [0.717, 1.165) is 25.7 Å². The summed E-state index contributed by atoms with van der Waals surface area (Å²) in [5.41, 5.74) is 0. The molecule has 20 heavy (non-hydrogen) atoms. The van der Waals surface area contributed by atoms with Gasteiger partial charge in [-0.3, -0.25) is 4.79 Å². The highest BCUT2D eigenvalue weighted by Gasteiger charge is 2.35. The lowest BCUT2D eigenvalue weighted by Gasteiger charge is -2.31. The Kier molecular flexibility index (Phi) is 5.75. The number of rotatable bonds is 4. The lowest BCUT2D eigenvalue weighted by Crippen LogP contribution is -2.38. The van der Waals surface area contributed by atoms with E-state index >= 15 is 0 Å². The van der Waals surface area contributed by atoms with Crippen LogP contribution < -0.4 is 0 Å². The minimum atomic E-state index is -1.36. The van der Waals surface area contributed by atoms with Crippen LogP contribution in [0.3, 0.4) is 0 Å². The van der Waals surface area contributed by atoms with E-state index in [1.165, 1.54) is 0 Å². The average molecular weight is 290 g/mol. The molecule has 0 aromatic carbocycles. The molecule has 116 valence electrons. The number of carbonyl (C=O) groups excluding carboxylic acids is 1. The van der Waals surface area contributed by atoms with Gasteiger partial charge in [0, 0.05) is 13.0 Å². The van der Waals surface area contributed by atoms with Gasteiger partial charge in [-0.25, -0.2) is 8.78 Å². The third kappa shape index (κ3) is 4.14. The second-order valence-corrected chi connectivity index (χ2v) is 5.83. The molecule has 0 bridgehead atoms. The predicted octanol–water partition coefficient (Wildman–Crippen LogP) is 3.35. The molecule has 5 heteroatoms. The van der Waals surface area contributed by atoms with E-state index in [0.29, 0.717) is 13.0 Å². The van der Waals surface area contributed by atoms with Gasteiger partial charge in [-0.1, -0.05) is 0 Å². The largest absolute Gasteiger partial charge is 0.459 e. The molecule has 2 fully saturated rings. The van der Waals surface area contributed by atoms with Crippen LogP contribution in [-0.2, 0) is 14.3 Å². The maximum absolute atomic E-state index is 13.7. The van der Waals surface area contributed by atoms with Crippen LogP contribution >= 0.6 is 0 Å². The molecule has 3 atom stereocenters. The predicted molar refractivity (Wildman–Crippen MR) is 70.9 cm³/mol. The van der Waals surface area contributed by atoms with Crippen LogP contribution in [0.4, 0.5) is 8.78 Å². The third-order valence-electron chi connectivity index (χ3n) is 4.33. The van der Waals surface area contributed by atoms with Gasteiger partial charge in [0.1, 0.15) is 18.4 Å². The number of hydrogen-bond acceptors (Lipinski definition) is 3. The lowest BCUT2D eigenvalue weighted by molar-refractivity contribution is -0.162. The molecule has 2 saturated carbocycles. The van der Waals surface area contributed by atoms with E-state index in [1.807, 2.05) is 6.92 Å². The summed E-state index contributed by atoms with van der Waals surface area (Å²) < 4.78 is 37.5. The summed E-state index contributed by atoms with van der Waals surface area (Å²) in [6.45, 7) is 2.65. The summed E-state index contributed by atoms with van der Waals surface area (Å²) in [4.78, 5) is 12.0. The fourth-order valence-electron chi connectivity index (χ4n) is 3.12. The van der Waals surface area contributed by atoms with Gasteiger partial charge in [0.2, 0.25) is 0 Å². The van der Waals surface area contributed by atoms with E-state index in [1.54, 1.807) is 0 Å². The Labute approximate surface area is 119 Å². The van der Waals surface area contributed by atoms with Crippen LogP contribution in [0, 0.1) is 5.92 Å². The number of halogens is 2. The Morgan fingerprint density at radius 1 is 1.10 bits per heavy atom. The highest BCUT2D eigenvalue weighted by atomic mass is 19.1. The number of carbonyl (C=O) groups is 1. The van der Waals surface area contributed by atoms with E-state index in [2.05, 4.69) is 0 Å². The van der Waals surface area contributed by atoms with Crippen molar-refractivity contribution < 1.29 is 23.0 Å². The first kappa shape index (κ1) is 15.7. The first-order chi connectivity index (χ1) is 9.60. The van der Waals surface area contributed by atoms with Crippen LogP contribution in [0.25, 0.3) is 0 Å². The third-order valence-corrected chi connectivity index (χ3v) is 4.33. The second kappa shape index (κ2) is 7.34. The maximum atomic E-state index is 13.7. The molecule has 0 aromatic rings. The fourth-order valence-corrected chi connectivity index (χ4v) is 3.12. The van der Waals surface area contributed by atoms with Crippen LogP contribution in [-0.4, -0.2) is 37.1 Å². The molecule has 0 spiro atoms. The Bertz CT molecular complexity index is 316. The molecule has 0 aromatic heterocycles. The van der Waals surface area contributed by atoms with Gasteiger partial charge >= 0.3 is 5.97 Å². The van der Waals surface area contributed by atoms with E-state index in [4.69, 9.17) is 9.47 Å². The van der Waals surface area contributed by atoms with Crippen LogP contribution in [0.2, 0.25) is 0 Å². The van der Waals surface area contributed by atoms with Gasteiger partial charge < -0.3 is 9.47 Å². The molecule has 2 aliphatic carbocycles. The molecule has 3 unspecified atom stereocenters. The standard InChI is InChI=1S/C15H24F2O3/c1-2-19-12-6-3-10(4-7-12)15(18)20-14-8-5-11(16)9-13(14)17/h10-14H,2-9H2,1H3. The molecule has 0 N–H and O–H groups in total. The Morgan fingerprint density at radius 2 is 1.80 bits per heavy atom. The number of alkyl halides is 2. The molecule has 0 amide bonds. The first-order valence-corrected chi connectivity index (χ1v) is 7.70. The van der Waals surface area contributed by atoms with E-state index < -0.39 is 18.4 Å². The van der Waals surface area contributed by atoms with Crippen molar-refractivity contribution in [2.45, 2.75) is 76.4 Å². The average Bonchev–Trinajstić information content (AvgIpc) is 2.43. The molecule has 2 aliphatic rings. The SMILES string of the molecule is CCOC1CCC(C(=O)OC2CCC(F)CC2F)CC1. The van der Waals surface area contributed by atoms with Crippen molar-refractivity contribution in [3.8, 4) is 0 Å². The number of hydrogen-bond donors (Lipinski definition) is 0. The number of ether oxygens (including phenoxy) is 2. The van der Waals surface area contributed by atoms with E-state index in [9.17, 15) is 13.6 Å². The molecular formula is C15H24F2O3. The van der Waals surface area contributed by atoms with Gasteiger partial charge in [0.05, 0.1) is 12.0 Å². The molecule has 0 radical (unpaired) electrons. The Balaban J connectivity index is 1.75.